The smallest absolute Gasteiger partial charge is 0.266 e. The first-order valence-electron chi connectivity index (χ1n) is 7.85. The predicted molar refractivity (Wildman–Crippen MR) is 93.8 cm³/mol. The number of benzene rings is 1. The summed E-state index contributed by atoms with van der Waals surface area (Å²) in [4.78, 5) is 13.9. The Balaban J connectivity index is 2.31. The maximum Gasteiger partial charge on any atom is 0.266 e. The lowest BCUT2D eigenvalue weighted by Crippen LogP contribution is -2.29. The summed E-state index contributed by atoms with van der Waals surface area (Å²) in [5, 5.41) is 0. The highest BCUT2D eigenvalue weighted by atomic mass is 32.2. The molecule has 0 atom stereocenters. The number of fused-ring (bicyclic) bond motifs is 1. The predicted octanol–water partition coefficient (Wildman–Crippen LogP) is 2.19. The zero-order valence-corrected chi connectivity index (χ0v) is 15.6. The first-order valence-corrected chi connectivity index (χ1v) is 9.46. The molecule has 138 valence electrons. The summed E-state index contributed by atoms with van der Waals surface area (Å²) in [6.45, 7) is 6.32. The molecule has 0 bridgehead atoms. The number of nitrogens with zero attached hydrogens (tertiary/aromatic N) is 1. The van der Waals surface area contributed by atoms with E-state index in [1.807, 2.05) is 26.8 Å². The van der Waals surface area contributed by atoms with E-state index in [1.54, 1.807) is 6.07 Å². The van der Waals surface area contributed by atoms with Gasteiger partial charge in [-0.25, -0.2) is 0 Å². The summed E-state index contributed by atoms with van der Waals surface area (Å²) in [7, 11) is -2.61. The third-order valence-corrected chi connectivity index (χ3v) is 4.70. The average molecular weight is 369 g/mol. The molecule has 2 rings (SSSR count). The molecule has 1 aromatic rings. The highest BCUT2D eigenvalue weighted by molar-refractivity contribution is 7.85. The summed E-state index contributed by atoms with van der Waals surface area (Å²) < 4.78 is 42.0. The Hall–Kier alpha value is -2.06. The van der Waals surface area contributed by atoms with Crippen molar-refractivity contribution >= 4 is 16.0 Å². The van der Waals surface area contributed by atoms with Gasteiger partial charge in [0.05, 0.1) is 25.0 Å². The van der Waals surface area contributed by atoms with Crippen LogP contribution in [0.15, 0.2) is 17.7 Å². The number of rotatable bonds is 7. The third-order valence-electron chi connectivity index (χ3n) is 4.01. The van der Waals surface area contributed by atoms with Crippen LogP contribution in [0, 0.1) is 6.92 Å². The zero-order valence-electron chi connectivity index (χ0n) is 14.8. The summed E-state index contributed by atoms with van der Waals surface area (Å²) in [5.74, 6) is 0.312. The molecule has 0 unspecified atom stereocenters. The quantitative estimate of drug-likeness (QED) is 0.585. The van der Waals surface area contributed by atoms with Crippen LogP contribution in [-0.4, -0.2) is 49.8 Å². The number of hydrogen-bond donors (Lipinski definition) is 1. The number of carbonyl (C=O) groups is 1. The van der Waals surface area contributed by atoms with Crippen LogP contribution < -0.4 is 9.47 Å². The molecule has 1 aliphatic heterocycles. The molecule has 25 heavy (non-hydrogen) atoms. The molecule has 8 heteroatoms. The molecule has 0 fully saturated rings. The number of hydrogen-bond acceptors (Lipinski definition) is 5. The Morgan fingerprint density at radius 2 is 2.08 bits per heavy atom. The second-order valence-corrected chi connectivity index (χ2v) is 7.74. The topological polar surface area (TPSA) is 93.1 Å². The van der Waals surface area contributed by atoms with Crippen LogP contribution in [0.2, 0.25) is 0 Å². The lowest BCUT2D eigenvalue weighted by molar-refractivity contribution is 0.0787. The van der Waals surface area contributed by atoms with Crippen molar-refractivity contribution in [3.05, 3.63) is 34.4 Å². The molecule has 1 N–H and O–H groups in total. The van der Waals surface area contributed by atoms with E-state index in [-0.39, 0.29) is 19.0 Å². The van der Waals surface area contributed by atoms with Gasteiger partial charge in [0.2, 0.25) is 0 Å². The molecule has 0 aliphatic carbocycles. The van der Waals surface area contributed by atoms with Crippen molar-refractivity contribution in [3.8, 4) is 11.5 Å². The van der Waals surface area contributed by atoms with Gasteiger partial charge >= 0.3 is 0 Å². The SMILES string of the molecule is COc1c(C)c(OCC=C(C)C)cc2c1CN(CCS(=O)(=O)O)C2=O. The summed E-state index contributed by atoms with van der Waals surface area (Å²) in [6.07, 6.45) is 1.93. The van der Waals surface area contributed by atoms with Gasteiger partial charge in [-0.1, -0.05) is 5.57 Å². The van der Waals surface area contributed by atoms with Crippen molar-refractivity contribution in [2.45, 2.75) is 27.3 Å². The highest BCUT2D eigenvalue weighted by Crippen LogP contribution is 2.39. The number of carbonyl (C=O) groups excluding carboxylic acids is 1. The molecule has 1 heterocycles. The summed E-state index contributed by atoms with van der Waals surface area (Å²) in [5.41, 5.74) is 3.05. The monoisotopic (exact) mass is 369 g/mol. The highest BCUT2D eigenvalue weighted by Gasteiger charge is 2.32. The fourth-order valence-electron chi connectivity index (χ4n) is 2.70. The van der Waals surface area contributed by atoms with Crippen molar-refractivity contribution < 1.29 is 27.2 Å². The van der Waals surface area contributed by atoms with Crippen LogP contribution in [0.5, 0.6) is 11.5 Å². The number of allylic oxidation sites excluding steroid dienone is 1. The second kappa shape index (κ2) is 7.45. The van der Waals surface area contributed by atoms with Gasteiger partial charge in [-0.3, -0.25) is 9.35 Å². The average Bonchev–Trinajstić information content (AvgIpc) is 2.81. The molecule has 0 saturated carbocycles. The summed E-state index contributed by atoms with van der Waals surface area (Å²) >= 11 is 0. The van der Waals surface area contributed by atoms with Gasteiger partial charge in [0.25, 0.3) is 16.0 Å². The van der Waals surface area contributed by atoms with Crippen LogP contribution in [0.25, 0.3) is 0 Å². The van der Waals surface area contributed by atoms with Gasteiger partial charge in [0.15, 0.2) is 0 Å². The van der Waals surface area contributed by atoms with E-state index in [0.717, 1.165) is 11.1 Å². The van der Waals surface area contributed by atoms with Gasteiger partial charge in [-0.05, 0) is 32.9 Å². The molecule has 1 aliphatic rings. The van der Waals surface area contributed by atoms with Crippen LogP contribution in [0.3, 0.4) is 0 Å². The molecule has 7 nitrogen and oxygen atoms in total. The Morgan fingerprint density at radius 3 is 2.64 bits per heavy atom. The minimum absolute atomic E-state index is 0.0808. The van der Waals surface area contributed by atoms with Crippen LogP contribution in [0.4, 0.5) is 0 Å². The van der Waals surface area contributed by atoms with Gasteiger partial charge in [-0.2, -0.15) is 8.42 Å². The molecule has 1 aromatic carbocycles. The first kappa shape index (κ1) is 19.3. The van der Waals surface area contributed by atoms with Gasteiger partial charge < -0.3 is 14.4 Å². The molecular weight excluding hydrogens is 346 g/mol. The van der Waals surface area contributed by atoms with Crippen molar-refractivity contribution in [2.24, 2.45) is 0 Å². The van der Waals surface area contributed by atoms with E-state index < -0.39 is 15.9 Å². The van der Waals surface area contributed by atoms with Gasteiger partial charge in [0, 0.05) is 17.7 Å². The van der Waals surface area contributed by atoms with Crippen LogP contribution >= 0.6 is 0 Å². The standard InChI is InChI=1S/C17H23NO6S/c1-11(2)5-7-24-15-9-13-14(16(23-4)12(15)3)10-18(17(13)19)6-8-25(20,21)22/h5,9H,6-8,10H2,1-4H3,(H,20,21,22). The van der Waals surface area contributed by atoms with E-state index in [9.17, 15) is 13.2 Å². The molecule has 0 saturated heterocycles. The Kier molecular flexibility index (Phi) is 5.74. The molecular formula is C17H23NO6S. The van der Waals surface area contributed by atoms with Crippen LogP contribution in [-0.2, 0) is 16.7 Å². The molecule has 0 spiro atoms. The minimum atomic E-state index is -4.13. The molecule has 0 aromatic heterocycles. The zero-order chi connectivity index (χ0) is 18.8. The second-order valence-electron chi connectivity index (χ2n) is 6.16. The van der Waals surface area contributed by atoms with Crippen molar-refractivity contribution in [3.63, 3.8) is 0 Å². The van der Waals surface area contributed by atoms with E-state index in [2.05, 4.69) is 0 Å². The Labute approximate surface area is 148 Å². The normalized spacial score (nSPS) is 13.6. The van der Waals surface area contributed by atoms with E-state index >= 15 is 0 Å². The maximum atomic E-state index is 12.6. The molecule has 0 radical (unpaired) electrons. The number of ether oxygens (including phenoxy) is 2. The van der Waals surface area contributed by atoms with E-state index in [4.69, 9.17) is 14.0 Å². The molecule has 1 amide bonds. The van der Waals surface area contributed by atoms with Gasteiger partial charge in [0.1, 0.15) is 18.1 Å². The third kappa shape index (κ3) is 4.52. The summed E-state index contributed by atoms with van der Waals surface area (Å²) in [6, 6.07) is 1.67. The van der Waals surface area contributed by atoms with E-state index in [0.29, 0.717) is 29.2 Å². The largest absolute Gasteiger partial charge is 0.496 e. The van der Waals surface area contributed by atoms with Crippen molar-refractivity contribution in [2.75, 3.05) is 26.0 Å². The minimum Gasteiger partial charge on any atom is -0.496 e. The maximum absolute atomic E-state index is 12.6. The number of amides is 1. The Bertz CT molecular complexity index is 809. The van der Waals surface area contributed by atoms with E-state index in [1.165, 1.54) is 12.0 Å². The van der Waals surface area contributed by atoms with Crippen molar-refractivity contribution in [1.29, 1.82) is 0 Å². The van der Waals surface area contributed by atoms with Gasteiger partial charge in [-0.15, -0.1) is 0 Å². The lowest BCUT2D eigenvalue weighted by Gasteiger charge is -2.15. The fraction of sp³-hybridized carbons (Fsp3) is 0.471. The number of methoxy groups -OCH3 is 1. The lowest BCUT2D eigenvalue weighted by atomic mass is 10.0. The Morgan fingerprint density at radius 1 is 1.40 bits per heavy atom. The van der Waals surface area contributed by atoms with Crippen LogP contribution in [0.1, 0.15) is 35.3 Å². The first-order chi connectivity index (χ1) is 11.6. The fourth-order valence-corrected chi connectivity index (χ4v) is 3.15. The van der Waals surface area contributed by atoms with Crippen molar-refractivity contribution in [1.82, 2.24) is 4.90 Å².